The second kappa shape index (κ2) is 5.27. The van der Waals surface area contributed by atoms with E-state index in [9.17, 15) is 4.79 Å². The van der Waals surface area contributed by atoms with E-state index in [2.05, 4.69) is 30.7 Å². The van der Waals surface area contributed by atoms with E-state index in [1.165, 1.54) is 6.42 Å². The van der Waals surface area contributed by atoms with Crippen molar-refractivity contribution in [3.05, 3.63) is 22.8 Å². The first kappa shape index (κ1) is 13.6. The highest BCUT2D eigenvalue weighted by Crippen LogP contribution is 2.54. The number of fused-ring (bicyclic) bond motifs is 1. The molecule has 0 aromatic carbocycles. The third kappa shape index (κ3) is 2.68. The number of hydrogen-bond donors (Lipinski definition) is 0. The van der Waals surface area contributed by atoms with Crippen LogP contribution in [0.5, 0.6) is 0 Å². The number of amides is 1. The molecule has 0 bridgehead atoms. The van der Waals surface area contributed by atoms with E-state index in [0.29, 0.717) is 11.8 Å². The Kier molecular flexibility index (Phi) is 3.40. The smallest absolute Gasteiger partial charge is 0.225 e. The fourth-order valence-electron chi connectivity index (χ4n) is 3.89. The van der Waals surface area contributed by atoms with Crippen molar-refractivity contribution < 1.29 is 4.79 Å². The third-order valence-corrected chi connectivity index (χ3v) is 5.69. The van der Waals surface area contributed by atoms with E-state index in [0.717, 1.165) is 61.1 Å². The van der Waals surface area contributed by atoms with Crippen LogP contribution in [0.2, 0.25) is 0 Å². The molecule has 2 heterocycles. The SMILES string of the molecule is O=C(C1CC2CC2C1)N1CCN(c2ccc(Br)cn2)CC1. The first-order valence-electron chi connectivity index (χ1n) is 7.86. The van der Waals surface area contributed by atoms with Crippen molar-refractivity contribution in [3.8, 4) is 0 Å². The molecule has 2 unspecified atom stereocenters. The van der Waals surface area contributed by atoms with Gasteiger partial charge in [-0.1, -0.05) is 0 Å². The van der Waals surface area contributed by atoms with Gasteiger partial charge in [-0.25, -0.2) is 4.98 Å². The number of anilines is 1. The lowest BCUT2D eigenvalue weighted by molar-refractivity contribution is -0.136. The van der Waals surface area contributed by atoms with Gasteiger partial charge in [0.05, 0.1) is 0 Å². The van der Waals surface area contributed by atoms with Crippen molar-refractivity contribution >= 4 is 27.7 Å². The van der Waals surface area contributed by atoms with Gasteiger partial charge in [0.15, 0.2) is 0 Å². The van der Waals surface area contributed by atoms with Crippen LogP contribution in [-0.2, 0) is 4.79 Å². The van der Waals surface area contributed by atoms with Crippen molar-refractivity contribution in [2.75, 3.05) is 31.1 Å². The largest absolute Gasteiger partial charge is 0.353 e. The number of carbonyl (C=O) groups is 1. The summed E-state index contributed by atoms with van der Waals surface area (Å²) in [6, 6.07) is 4.05. The summed E-state index contributed by atoms with van der Waals surface area (Å²) in [6.07, 6.45) is 5.51. The first-order chi connectivity index (χ1) is 10.2. The number of halogens is 1. The van der Waals surface area contributed by atoms with Gasteiger partial charge >= 0.3 is 0 Å². The highest BCUT2D eigenvalue weighted by atomic mass is 79.9. The van der Waals surface area contributed by atoms with E-state index in [1.54, 1.807) is 0 Å². The zero-order valence-electron chi connectivity index (χ0n) is 12.0. The van der Waals surface area contributed by atoms with Crippen LogP contribution >= 0.6 is 15.9 Å². The van der Waals surface area contributed by atoms with Gasteiger partial charge in [0.2, 0.25) is 5.91 Å². The van der Waals surface area contributed by atoms with Crippen molar-refractivity contribution in [1.82, 2.24) is 9.88 Å². The maximum absolute atomic E-state index is 12.5. The molecule has 0 spiro atoms. The van der Waals surface area contributed by atoms with Gasteiger partial charge in [-0.05, 0) is 59.2 Å². The summed E-state index contributed by atoms with van der Waals surface area (Å²) >= 11 is 3.41. The Morgan fingerprint density at radius 1 is 1.10 bits per heavy atom. The highest BCUT2D eigenvalue weighted by molar-refractivity contribution is 9.10. The molecule has 2 atom stereocenters. The zero-order chi connectivity index (χ0) is 14.4. The molecule has 3 fully saturated rings. The predicted molar refractivity (Wildman–Crippen MR) is 85.1 cm³/mol. The lowest BCUT2D eigenvalue weighted by Crippen LogP contribution is -2.50. The summed E-state index contributed by atoms with van der Waals surface area (Å²) in [5, 5.41) is 0. The van der Waals surface area contributed by atoms with E-state index >= 15 is 0 Å². The standard InChI is InChI=1S/C16H20BrN3O/c17-14-1-2-15(18-10-14)19-3-5-20(6-4-19)16(21)13-8-11-7-12(11)9-13/h1-2,10-13H,3-9H2. The molecule has 4 nitrogen and oxygen atoms in total. The molecule has 5 heteroatoms. The molecule has 4 rings (SSSR count). The van der Waals surface area contributed by atoms with Crippen LogP contribution in [0.1, 0.15) is 19.3 Å². The monoisotopic (exact) mass is 349 g/mol. The Bertz CT molecular complexity index is 529. The Labute approximate surface area is 133 Å². The van der Waals surface area contributed by atoms with Crippen LogP contribution in [0, 0.1) is 17.8 Å². The van der Waals surface area contributed by atoms with Crippen LogP contribution in [-0.4, -0.2) is 42.0 Å². The van der Waals surface area contributed by atoms with Gasteiger partial charge in [-0.2, -0.15) is 0 Å². The Hall–Kier alpha value is -1.10. The second-order valence-electron chi connectivity index (χ2n) is 6.57. The first-order valence-corrected chi connectivity index (χ1v) is 8.65. The van der Waals surface area contributed by atoms with E-state index in [-0.39, 0.29) is 0 Å². The zero-order valence-corrected chi connectivity index (χ0v) is 13.6. The Balaban J connectivity index is 1.33. The molecular formula is C16H20BrN3O. The maximum atomic E-state index is 12.5. The van der Waals surface area contributed by atoms with Crippen molar-refractivity contribution in [2.45, 2.75) is 19.3 Å². The average molecular weight is 350 g/mol. The lowest BCUT2D eigenvalue weighted by Gasteiger charge is -2.36. The summed E-state index contributed by atoms with van der Waals surface area (Å²) in [4.78, 5) is 21.3. The topological polar surface area (TPSA) is 36.4 Å². The molecule has 21 heavy (non-hydrogen) atoms. The highest BCUT2D eigenvalue weighted by Gasteiger charge is 2.48. The predicted octanol–water partition coefficient (Wildman–Crippen LogP) is 2.54. The fourth-order valence-corrected chi connectivity index (χ4v) is 4.12. The average Bonchev–Trinajstić information content (AvgIpc) is 3.13. The number of rotatable bonds is 2. The molecular weight excluding hydrogens is 330 g/mol. The van der Waals surface area contributed by atoms with E-state index in [4.69, 9.17) is 0 Å². The minimum atomic E-state index is 0.325. The number of piperazine rings is 1. The Morgan fingerprint density at radius 2 is 1.81 bits per heavy atom. The summed E-state index contributed by atoms with van der Waals surface area (Å²) in [5.74, 6) is 3.50. The molecule has 2 saturated carbocycles. The number of pyridine rings is 1. The number of hydrogen-bond acceptors (Lipinski definition) is 3. The van der Waals surface area contributed by atoms with Crippen LogP contribution in [0.3, 0.4) is 0 Å². The van der Waals surface area contributed by atoms with Crippen LogP contribution < -0.4 is 4.90 Å². The molecule has 3 aliphatic rings. The third-order valence-electron chi connectivity index (χ3n) is 5.22. The van der Waals surface area contributed by atoms with Crippen molar-refractivity contribution in [3.63, 3.8) is 0 Å². The lowest BCUT2D eigenvalue weighted by atomic mass is 10.0. The summed E-state index contributed by atoms with van der Waals surface area (Å²) in [7, 11) is 0. The normalized spacial score (nSPS) is 31.2. The number of carbonyl (C=O) groups excluding carboxylic acids is 1. The molecule has 1 aliphatic heterocycles. The molecule has 0 radical (unpaired) electrons. The van der Waals surface area contributed by atoms with Crippen LogP contribution in [0.25, 0.3) is 0 Å². The second-order valence-corrected chi connectivity index (χ2v) is 7.49. The maximum Gasteiger partial charge on any atom is 0.225 e. The molecule has 1 aromatic rings. The molecule has 0 N–H and O–H groups in total. The molecule has 2 aliphatic carbocycles. The Morgan fingerprint density at radius 3 is 2.43 bits per heavy atom. The molecule has 112 valence electrons. The van der Waals surface area contributed by atoms with Gasteiger partial charge in [0.1, 0.15) is 5.82 Å². The fraction of sp³-hybridized carbons (Fsp3) is 0.625. The van der Waals surface area contributed by atoms with Gasteiger partial charge in [0.25, 0.3) is 0 Å². The summed E-state index contributed by atoms with van der Waals surface area (Å²) in [6.45, 7) is 3.45. The van der Waals surface area contributed by atoms with Crippen molar-refractivity contribution in [2.24, 2.45) is 17.8 Å². The van der Waals surface area contributed by atoms with Crippen molar-refractivity contribution in [1.29, 1.82) is 0 Å². The van der Waals surface area contributed by atoms with Gasteiger partial charge in [-0.3, -0.25) is 4.79 Å². The quantitative estimate of drug-likeness (QED) is 0.823. The van der Waals surface area contributed by atoms with Gasteiger partial charge in [-0.15, -0.1) is 0 Å². The van der Waals surface area contributed by atoms with E-state index < -0.39 is 0 Å². The number of nitrogens with zero attached hydrogens (tertiary/aromatic N) is 3. The van der Waals surface area contributed by atoms with E-state index in [1.807, 2.05) is 18.3 Å². The number of aromatic nitrogens is 1. The van der Waals surface area contributed by atoms with Crippen LogP contribution in [0.4, 0.5) is 5.82 Å². The van der Waals surface area contributed by atoms with Gasteiger partial charge in [0, 0.05) is 42.8 Å². The molecule has 1 saturated heterocycles. The minimum absolute atomic E-state index is 0.325. The van der Waals surface area contributed by atoms with Crippen LogP contribution in [0.15, 0.2) is 22.8 Å². The summed E-state index contributed by atoms with van der Waals surface area (Å²) in [5.41, 5.74) is 0. The van der Waals surface area contributed by atoms with Gasteiger partial charge < -0.3 is 9.80 Å². The summed E-state index contributed by atoms with van der Waals surface area (Å²) < 4.78 is 1.000. The minimum Gasteiger partial charge on any atom is -0.353 e. The molecule has 1 amide bonds. The molecule has 1 aromatic heterocycles.